The SMILES string of the molecule is COc1ccc2c(c1)CCN(C(=O)c1cnc(C)cn1)C2. The molecule has 0 spiro atoms. The van der Waals surface area contributed by atoms with Gasteiger partial charge in [-0.2, -0.15) is 0 Å². The van der Waals surface area contributed by atoms with Crippen molar-refractivity contribution in [3.8, 4) is 5.75 Å². The van der Waals surface area contributed by atoms with E-state index >= 15 is 0 Å². The fraction of sp³-hybridized carbons (Fsp3) is 0.312. The molecule has 21 heavy (non-hydrogen) atoms. The van der Waals surface area contributed by atoms with E-state index in [1.807, 2.05) is 30.0 Å². The average Bonchev–Trinajstić information content (AvgIpc) is 2.54. The van der Waals surface area contributed by atoms with Crippen molar-refractivity contribution in [1.82, 2.24) is 14.9 Å². The quantitative estimate of drug-likeness (QED) is 0.846. The number of carbonyl (C=O) groups excluding carboxylic acids is 1. The molecule has 108 valence electrons. The van der Waals surface area contributed by atoms with E-state index in [0.29, 0.717) is 18.8 Å². The fourth-order valence-electron chi connectivity index (χ4n) is 2.49. The maximum atomic E-state index is 12.4. The Bertz CT molecular complexity index is 668. The molecule has 0 unspecified atom stereocenters. The molecule has 1 aromatic heterocycles. The monoisotopic (exact) mass is 283 g/mol. The van der Waals surface area contributed by atoms with Crippen LogP contribution in [0.15, 0.2) is 30.6 Å². The van der Waals surface area contributed by atoms with E-state index in [0.717, 1.165) is 23.4 Å². The number of nitrogens with zero attached hydrogens (tertiary/aromatic N) is 3. The van der Waals surface area contributed by atoms with Gasteiger partial charge in [0, 0.05) is 19.3 Å². The summed E-state index contributed by atoms with van der Waals surface area (Å²) in [6.45, 7) is 3.15. The van der Waals surface area contributed by atoms with Crippen LogP contribution in [0, 0.1) is 6.92 Å². The summed E-state index contributed by atoms with van der Waals surface area (Å²) in [5.74, 6) is 0.793. The minimum absolute atomic E-state index is 0.0658. The number of hydrogen-bond acceptors (Lipinski definition) is 4. The van der Waals surface area contributed by atoms with Gasteiger partial charge in [-0.25, -0.2) is 4.98 Å². The van der Waals surface area contributed by atoms with Gasteiger partial charge in [0.15, 0.2) is 0 Å². The molecule has 5 nitrogen and oxygen atoms in total. The summed E-state index contributed by atoms with van der Waals surface area (Å²) in [5, 5.41) is 0. The standard InChI is InChI=1S/C16H17N3O2/c1-11-8-18-15(9-17-11)16(20)19-6-5-12-7-14(21-2)4-3-13(12)10-19/h3-4,7-9H,5-6,10H2,1-2H3. The van der Waals surface area contributed by atoms with Crippen LogP contribution in [0.3, 0.4) is 0 Å². The first-order valence-corrected chi connectivity index (χ1v) is 6.91. The second-order valence-corrected chi connectivity index (χ2v) is 5.15. The maximum absolute atomic E-state index is 12.4. The van der Waals surface area contributed by atoms with E-state index in [1.54, 1.807) is 19.5 Å². The van der Waals surface area contributed by atoms with Gasteiger partial charge in [0.1, 0.15) is 11.4 Å². The van der Waals surface area contributed by atoms with Gasteiger partial charge in [0.25, 0.3) is 5.91 Å². The third-order valence-corrected chi connectivity index (χ3v) is 3.71. The van der Waals surface area contributed by atoms with E-state index in [1.165, 1.54) is 5.56 Å². The molecule has 5 heteroatoms. The van der Waals surface area contributed by atoms with Crippen molar-refractivity contribution in [1.29, 1.82) is 0 Å². The van der Waals surface area contributed by atoms with Gasteiger partial charge in [-0.15, -0.1) is 0 Å². The molecule has 1 aliphatic heterocycles. The first kappa shape index (κ1) is 13.5. The van der Waals surface area contributed by atoms with Crippen molar-refractivity contribution >= 4 is 5.91 Å². The molecular weight excluding hydrogens is 266 g/mol. The molecule has 1 amide bonds. The minimum atomic E-state index is -0.0658. The van der Waals surface area contributed by atoms with Crippen molar-refractivity contribution in [2.45, 2.75) is 19.9 Å². The number of ether oxygens (including phenoxy) is 1. The predicted octanol–water partition coefficient (Wildman–Crippen LogP) is 1.99. The molecule has 0 N–H and O–H groups in total. The van der Waals surface area contributed by atoms with Crippen molar-refractivity contribution in [3.63, 3.8) is 0 Å². The summed E-state index contributed by atoms with van der Waals surface area (Å²) in [6.07, 6.45) is 3.99. The highest BCUT2D eigenvalue weighted by Crippen LogP contribution is 2.24. The lowest BCUT2D eigenvalue weighted by atomic mass is 9.99. The Morgan fingerprint density at radius 2 is 2.10 bits per heavy atom. The molecule has 3 rings (SSSR count). The lowest BCUT2D eigenvalue weighted by Gasteiger charge is -2.28. The molecule has 0 saturated heterocycles. The van der Waals surface area contributed by atoms with Gasteiger partial charge < -0.3 is 9.64 Å². The number of methoxy groups -OCH3 is 1. The summed E-state index contributed by atoms with van der Waals surface area (Å²) in [7, 11) is 1.66. The molecule has 0 radical (unpaired) electrons. The number of hydrogen-bond donors (Lipinski definition) is 0. The van der Waals surface area contributed by atoms with E-state index in [-0.39, 0.29) is 5.91 Å². The molecular formula is C16H17N3O2. The number of amides is 1. The second kappa shape index (κ2) is 5.52. The lowest BCUT2D eigenvalue weighted by molar-refractivity contribution is 0.0728. The molecule has 0 saturated carbocycles. The first-order valence-electron chi connectivity index (χ1n) is 6.91. The van der Waals surface area contributed by atoms with Crippen molar-refractivity contribution in [3.05, 3.63) is 53.1 Å². The number of aromatic nitrogens is 2. The molecule has 2 aromatic rings. The Balaban J connectivity index is 1.79. The molecule has 0 aliphatic carbocycles. The van der Waals surface area contributed by atoms with Crippen LogP contribution < -0.4 is 4.74 Å². The predicted molar refractivity (Wildman–Crippen MR) is 78.2 cm³/mol. The topological polar surface area (TPSA) is 55.3 Å². The summed E-state index contributed by atoms with van der Waals surface area (Å²) < 4.78 is 5.24. The summed E-state index contributed by atoms with van der Waals surface area (Å²) >= 11 is 0. The normalized spacial score (nSPS) is 13.7. The fourth-order valence-corrected chi connectivity index (χ4v) is 2.49. The zero-order chi connectivity index (χ0) is 14.8. The Morgan fingerprint density at radius 3 is 2.81 bits per heavy atom. The van der Waals surface area contributed by atoms with Crippen LogP contribution >= 0.6 is 0 Å². The van der Waals surface area contributed by atoms with Gasteiger partial charge in [-0.05, 0) is 36.6 Å². The van der Waals surface area contributed by atoms with Crippen molar-refractivity contribution in [2.24, 2.45) is 0 Å². The number of benzene rings is 1. The molecule has 0 bridgehead atoms. The molecule has 2 heterocycles. The van der Waals surface area contributed by atoms with Crippen LogP contribution in [-0.4, -0.2) is 34.4 Å². The van der Waals surface area contributed by atoms with Crippen LogP contribution in [0.1, 0.15) is 27.3 Å². The zero-order valence-corrected chi connectivity index (χ0v) is 12.2. The lowest BCUT2D eigenvalue weighted by Crippen LogP contribution is -2.36. The summed E-state index contributed by atoms with van der Waals surface area (Å²) in [6, 6.07) is 6.00. The van der Waals surface area contributed by atoms with Crippen molar-refractivity contribution < 1.29 is 9.53 Å². The Kier molecular flexibility index (Phi) is 3.56. The highest BCUT2D eigenvalue weighted by Gasteiger charge is 2.23. The Hall–Kier alpha value is -2.43. The number of aryl methyl sites for hydroxylation is 1. The van der Waals surface area contributed by atoms with E-state index < -0.39 is 0 Å². The largest absolute Gasteiger partial charge is 0.497 e. The van der Waals surface area contributed by atoms with Crippen LogP contribution in [0.25, 0.3) is 0 Å². The van der Waals surface area contributed by atoms with Gasteiger partial charge >= 0.3 is 0 Å². The Morgan fingerprint density at radius 1 is 1.24 bits per heavy atom. The maximum Gasteiger partial charge on any atom is 0.274 e. The summed E-state index contributed by atoms with van der Waals surface area (Å²) in [5.41, 5.74) is 3.61. The number of fused-ring (bicyclic) bond motifs is 1. The molecule has 1 aromatic carbocycles. The van der Waals surface area contributed by atoms with Gasteiger partial charge in [-0.3, -0.25) is 9.78 Å². The van der Waals surface area contributed by atoms with Gasteiger partial charge in [0.05, 0.1) is 19.0 Å². The average molecular weight is 283 g/mol. The number of carbonyl (C=O) groups is 1. The zero-order valence-electron chi connectivity index (χ0n) is 12.2. The Labute approximate surface area is 123 Å². The van der Waals surface area contributed by atoms with Crippen LogP contribution in [-0.2, 0) is 13.0 Å². The van der Waals surface area contributed by atoms with Gasteiger partial charge in [-0.1, -0.05) is 6.07 Å². The van der Waals surface area contributed by atoms with Crippen molar-refractivity contribution in [2.75, 3.05) is 13.7 Å². The second-order valence-electron chi connectivity index (χ2n) is 5.15. The summed E-state index contributed by atoms with van der Waals surface area (Å²) in [4.78, 5) is 22.6. The highest BCUT2D eigenvalue weighted by molar-refractivity contribution is 5.92. The minimum Gasteiger partial charge on any atom is -0.497 e. The van der Waals surface area contributed by atoms with Gasteiger partial charge in [0.2, 0.25) is 0 Å². The first-order chi connectivity index (χ1) is 10.2. The highest BCUT2D eigenvalue weighted by atomic mass is 16.5. The number of rotatable bonds is 2. The smallest absolute Gasteiger partial charge is 0.274 e. The third kappa shape index (κ3) is 2.72. The van der Waals surface area contributed by atoms with E-state index in [2.05, 4.69) is 9.97 Å². The molecule has 0 fully saturated rings. The molecule has 0 atom stereocenters. The van der Waals surface area contributed by atoms with E-state index in [9.17, 15) is 4.79 Å². The third-order valence-electron chi connectivity index (χ3n) is 3.71. The van der Waals surface area contributed by atoms with Crippen LogP contribution in [0.4, 0.5) is 0 Å². The van der Waals surface area contributed by atoms with E-state index in [4.69, 9.17) is 4.74 Å². The van der Waals surface area contributed by atoms with Crippen LogP contribution in [0.5, 0.6) is 5.75 Å². The van der Waals surface area contributed by atoms with Crippen LogP contribution in [0.2, 0.25) is 0 Å². The molecule has 1 aliphatic rings.